The first-order chi connectivity index (χ1) is 13.5. The zero-order valence-electron chi connectivity index (χ0n) is 15.4. The predicted molar refractivity (Wildman–Crippen MR) is 116 cm³/mol. The van der Waals surface area contributed by atoms with Gasteiger partial charge in [0, 0.05) is 33.6 Å². The van der Waals surface area contributed by atoms with Crippen LogP contribution in [-0.2, 0) is 4.79 Å². The molecule has 1 N–H and O–H groups in total. The molecule has 0 saturated heterocycles. The first-order valence-electron chi connectivity index (χ1n) is 8.65. The minimum absolute atomic E-state index is 0.0255. The summed E-state index contributed by atoms with van der Waals surface area (Å²) in [4.78, 5) is 27.2. The molecule has 0 aliphatic rings. The molecule has 0 atom stereocenters. The lowest BCUT2D eigenvalue weighted by Crippen LogP contribution is -2.34. The molecule has 0 radical (unpaired) electrons. The smallest absolute Gasteiger partial charge is 0.264 e. The van der Waals surface area contributed by atoms with Gasteiger partial charge in [-0.1, -0.05) is 24.3 Å². The van der Waals surface area contributed by atoms with Crippen molar-refractivity contribution >= 4 is 59.7 Å². The van der Waals surface area contributed by atoms with Gasteiger partial charge in [-0.15, -0.1) is 22.7 Å². The summed E-state index contributed by atoms with van der Waals surface area (Å²) in [5.41, 5.74) is 0.633. The highest BCUT2D eigenvalue weighted by Crippen LogP contribution is 2.39. The van der Waals surface area contributed by atoms with Crippen molar-refractivity contribution in [1.29, 1.82) is 0 Å². The van der Waals surface area contributed by atoms with Crippen molar-refractivity contribution in [1.82, 2.24) is 4.90 Å². The van der Waals surface area contributed by atoms with Gasteiger partial charge in [-0.25, -0.2) is 0 Å². The van der Waals surface area contributed by atoms with Gasteiger partial charge in [-0.3, -0.25) is 9.59 Å². The number of nitrogens with zero attached hydrogens (tertiary/aromatic N) is 1. The van der Waals surface area contributed by atoms with Crippen molar-refractivity contribution in [2.45, 2.75) is 0 Å². The molecule has 5 nitrogen and oxygen atoms in total. The molecule has 0 unspecified atom stereocenters. The van der Waals surface area contributed by atoms with Crippen LogP contribution in [0.25, 0.3) is 19.5 Å². The highest BCUT2D eigenvalue weighted by atomic mass is 32.1. The number of hydrogen-bond donors (Lipinski definition) is 1. The summed E-state index contributed by atoms with van der Waals surface area (Å²) in [5, 5.41) is 3.96. The number of nitrogens with one attached hydrogen (secondary N) is 1. The lowest BCUT2D eigenvalue weighted by Gasteiger charge is -2.16. The van der Waals surface area contributed by atoms with Gasteiger partial charge in [0.15, 0.2) is 0 Å². The Labute approximate surface area is 170 Å². The zero-order valence-corrected chi connectivity index (χ0v) is 17.0. The summed E-state index contributed by atoms with van der Waals surface area (Å²) in [6.45, 7) is -0.0255. The number of likely N-dealkylation sites (N-methyl/N-ethyl adjacent to an activating group) is 1. The van der Waals surface area contributed by atoms with Crippen LogP contribution in [0.4, 0.5) is 5.69 Å². The fraction of sp³-hybridized carbons (Fsp3) is 0.143. The van der Waals surface area contributed by atoms with Crippen LogP contribution in [0.5, 0.6) is 5.75 Å². The van der Waals surface area contributed by atoms with Crippen molar-refractivity contribution in [3.05, 3.63) is 59.5 Å². The number of carbonyl (C=O) groups is 2. The molecular formula is C21H18N2O3S2. The normalized spacial score (nSPS) is 10.9. The molecule has 28 heavy (non-hydrogen) atoms. The second-order valence-electron chi connectivity index (χ2n) is 6.34. The number of rotatable bonds is 5. The molecule has 0 spiro atoms. The maximum atomic E-state index is 12.8. The summed E-state index contributed by atoms with van der Waals surface area (Å²) in [5.74, 6) is 0.249. The van der Waals surface area contributed by atoms with Crippen molar-refractivity contribution in [3.63, 3.8) is 0 Å². The van der Waals surface area contributed by atoms with Crippen molar-refractivity contribution in [2.75, 3.05) is 26.0 Å². The van der Waals surface area contributed by atoms with Crippen molar-refractivity contribution in [2.24, 2.45) is 0 Å². The molecule has 7 heteroatoms. The number of carbonyl (C=O) groups excluding carboxylic acids is 2. The number of anilines is 1. The number of methoxy groups -OCH3 is 1. The van der Waals surface area contributed by atoms with Gasteiger partial charge in [0.1, 0.15) is 5.75 Å². The third-order valence-corrected chi connectivity index (χ3v) is 6.74. The highest BCUT2D eigenvalue weighted by molar-refractivity contribution is 7.33. The molecule has 0 bridgehead atoms. The van der Waals surface area contributed by atoms with Crippen LogP contribution in [0, 0.1) is 0 Å². The summed E-state index contributed by atoms with van der Waals surface area (Å²) in [6, 6.07) is 17.2. The Kier molecular flexibility index (Phi) is 5.02. The quantitative estimate of drug-likeness (QED) is 0.512. The van der Waals surface area contributed by atoms with Gasteiger partial charge in [0.25, 0.3) is 5.91 Å². The minimum Gasteiger partial charge on any atom is -0.497 e. The average molecular weight is 411 g/mol. The SMILES string of the molecule is COc1cccc(NC(=O)CN(C)C(=O)c2cc3sc4ccccc4c3s2)c1. The number of benzene rings is 2. The second-order valence-corrected chi connectivity index (χ2v) is 8.48. The molecule has 2 amide bonds. The molecule has 0 fully saturated rings. The van der Waals surface area contributed by atoms with E-state index in [9.17, 15) is 9.59 Å². The van der Waals surface area contributed by atoms with Gasteiger partial charge < -0.3 is 15.0 Å². The topological polar surface area (TPSA) is 58.6 Å². The molecule has 4 rings (SSSR count). The molecule has 2 aromatic carbocycles. The maximum Gasteiger partial charge on any atom is 0.264 e. The number of thiophene rings is 2. The van der Waals surface area contributed by atoms with E-state index in [1.165, 1.54) is 26.3 Å². The molecule has 142 valence electrons. The van der Waals surface area contributed by atoms with E-state index in [0.29, 0.717) is 16.3 Å². The van der Waals surface area contributed by atoms with Crippen LogP contribution >= 0.6 is 22.7 Å². The molecule has 4 aromatic rings. The predicted octanol–water partition coefficient (Wildman–Crippen LogP) is 4.84. The monoisotopic (exact) mass is 410 g/mol. The van der Waals surface area contributed by atoms with Crippen LogP contribution in [0.2, 0.25) is 0 Å². The number of fused-ring (bicyclic) bond motifs is 3. The van der Waals surface area contributed by atoms with E-state index in [-0.39, 0.29) is 18.4 Å². The van der Waals surface area contributed by atoms with Crippen LogP contribution in [-0.4, -0.2) is 37.4 Å². The largest absolute Gasteiger partial charge is 0.497 e. The Bertz CT molecular complexity index is 1180. The van der Waals surface area contributed by atoms with Gasteiger partial charge in [0.2, 0.25) is 5.91 Å². The molecule has 0 saturated carbocycles. The maximum absolute atomic E-state index is 12.8. The molecule has 2 aromatic heterocycles. The number of ether oxygens (including phenoxy) is 1. The van der Waals surface area contributed by atoms with Gasteiger partial charge >= 0.3 is 0 Å². The van der Waals surface area contributed by atoms with Gasteiger partial charge in [-0.05, 0) is 24.3 Å². The molecule has 0 aliphatic heterocycles. The first kappa shape index (κ1) is 18.5. The molecule has 0 aliphatic carbocycles. The van der Waals surface area contributed by atoms with Crippen LogP contribution in [0.15, 0.2) is 54.6 Å². The average Bonchev–Trinajstić information content (AvgIpc) is 3.25. The summed E-state index contributed by atoms with van der Waals surface area (Å²) in [7, 11) is 3.21. The first-order valence-corrected chi connectivity index (χ1v) is 10.3. The van der Waals surface area contributed by atoms with E-state index >= 15 is 0 Å². The Hall–Kier alpha value is -2.90. The highest BCUT2D eigenvalue weighted by Gasteiger charge is 2.19. The molecule has 2 heterocycles. The third kappa shape index (κ3) is 3.58. The minimum atomic E-state index is -0.257. The summed E-state index contributed by atoms with van der Waals surface area (Å²) < 4.78 is 8.59. The fourth-order valence-electron chi connectivity index (χ4n) is 2.98. The van der Waals surface area contributed by atoms with Crippen LogP contribution in [0.3, 0.4) is 0 Å². The zero-order chi connectivity index (χ0) is 19.7. The lowest BCUT2D eigenvalue weighted by molar-refractivity contribution is -0.116. The van der Waals surface area contributed by atoms with Crippen molar-refractivity contribution in [3.8, 4) is 5.75 Å². The second kappa shape index (κ2) is 7.61. The van der Waals surface area contributed by atoms with E-state index in [1.807, 2.05) is 18.2 Å². The number of hydrogen-bond acceptors (Lipinski definition) is 5. The van der Waals surface area contributed by atoms with E-state index in [4.69, 9.17) is 4.74 Å². The number of amides is 2. The molecular weight excluding hydrogens is 392 g/mol. The third-order valence-electron chi connectivity index (χ3n) is 4.34. The Balaban J connectivity index is 1.46. The van der Waals surface area contributed by atoms with Crippen molar-refractivity contribution < 1.29 is 14.3 Å². The summed E-state index contributed by atoms with van der Waals surface area (Å²) in [6.07, 6.45) is 0. The Morgan fingerprint density at radius 3 is 2.68 bits per heavy atom. The van der Waals surface area contributed by atoms with E-state index < -0.39 is 0 Å². The Morgan fingerprint density at radius 1 is 1.04 bits per heavy atom. The van der Waals surface area contributed by atoms with Gasteiger partial charge in [0.05, 0.1) is 23.2 Å². The summed E-state index contributed by atoms with van der Waals surface area (Å²) >= 11 is 3.16. The van der Waals surface area contributed by atoms with E-state index in [1.54, 1.807) is 49.8 Å². The van der Waals surface area contributed by atoms with E-state index in [2.05, 4.69) is 17.4 Å². The Morgan fingerprint density at radius 2 is 1.86 bits per heavy atom. The van der Waals surface area contributed by atoms with E-state index in [0.717, 1.165) is 9.40 Å². The lowest BCUT2D eigenvalue weighted by atomic mass is 10.2. The van der Waals surface area contributed by atoms with Gasteiger partial charge in [-0.2, -0.15) is 0 Å². The standard InChI is InChI=1S/C21H18N2O3S2/c1-23(12-19(24)22-13-6-5-7-14(10-13)26-2)21(25)18-11-17-20(28-18)15-8-3-4-9-16(15)27-17/h3-11H,12H2,1-2H3,(H,22,24). The van der Waals surface area contributed by atoms with Crippen LogP contribution in [0.1, 0.15) is 9.67 Å². The van der Waals surface area contributed by atoms with Crippen LogP contribution < -0.4 is 10.1 Å². The fourth-order valence-corrected chi connectivity index (χ4v) is 5.50.